The van der Waals surface area contributed by atoms with Crippen LogP contribution in [-0.2, 0) is 0 Å². The normalized spacial score (nSPS) is 12.7. The third-order valence-corrected chi connectivity index (χ3v) is 6.56. The van der Waals surface area contributed by atoms with Crippen molar-refractivity contribution < 1.29 is 4.74 Å². The molecule has 2 aromatic carbocycles. The molecule has 0 radical (unpaired) electrons. The molecule has 1 heterocycles. The first kappa shape index (κ1) is 15.2. The van der Waals surface area contributed by atoms with Gasteiger partial charge < -0.3 is 4.74 Å². The van der Waals surface area contributed by atoms with Crippen LogP contribution in [0.1, 0.15) is 0 Å². The highest BCUT2D eigenvalue weighted by Gasteiger charge is 2.27. The van der Waals surface area contributed by atoms with Gasteiger partial charge in [-0.3, -0.25) is 0 Å². The Labute approximate surface area is 149 Å². The van der Waals surface area contributed by atoms with Crippen LogP contribution < -0.4 is 4.74 Å². The smallest absolute Gasteiger partial charge is 0.144 e. The van der Waals surface area contributed by atoms with E-state index in [-0.39, 0.29) is 10.0 Å². The molecule has 8 heteroatoms. The molecule has 0 N–H and O–H groups in total. The average Bonchev–Trinajstić information content (AvgIpc) is 2.41. The van der Waals surface area contributed by atoms with E-state index in [9.17, 15) is 0 Å². The van der Waals surface area contributed by atoms with Gasteiger partial charge in [-0.15, -0.1) is 0 Å². The van der Waals surface area contributed by atoms with Gasteiger partial charge in [0, 0.05) is 12.1 Å². The molecule has 20 heavy (non-hydrogen) atoms. The van der Waals surface area contributed by atoms with E-state index >= 15 is 0 Å². The van der Waals surface area contributed by atoms with Crippen molar-refractivity contribution in [3.63, 3.8) is 0 Å². The van der Waals surface area contributed by atoms with Crippen molar-refractivity contribution in [2.24, 2.45) is 0 Å². The molecule has 1 aliphatic rings. The summed E-state index contributed by atoms with van der Waals surface area (Å²) >= 11 is 37.7. The standard InChI is InChI=1S/C12H2Cl6OS/c13-3-1-5-11(9(17)7(3)15)20-12-6(19-5)2-4(14)8(16)10(12)18/h1-2H. The maximum absolute atomic E-state index is 6.19. The zero-order valence-corrected chi connectivity index (χ0v) is 14.6. The fourth-order valence-corrected chi connectivity index (χ4v) is 4.18. The van der Waals surface area contributed by atoms with Crippen molar-refractivity contribution in [1.29, 1.82) is 0 Å². The van der Waals surface area contributed by atoms with Crippen LogP contribution in [0.2, 0.25) is 30.1 Å². The molecule has 2 aromatic rings. The molecule has 0 fully saturated rings. The van der Waals surface area contributed by atoms with Crippen LogP contribution in [0.4, 0.5) is 0 Å². The Hall–Kier alpha value is 0.330. The minimum absolute atomic E-state index is 0.266. The zero-order valence-electron chi connectivity index (χ0n) is 9.24. The Morgan fingerprint density at radius 3 is 1.45 bits per heavy atom. The van der Waals surface area contributed by atoms with E-state index in [2.05, 4.69) is 0 Å². The predicted molar refractivity (Wildman–Crippen MR) is 87.1 cm³/mol. The Bertz CT molecular complexity index is 684. The molecule has 0 aliphatic carbocycles. The second-order valence-electron chi connectivity index (χ2n) is 3.83. The molecule has 0 saturated heterocycles. The molecule has 0 bridgehead atoms. The summed E-state index contributed by atoms with van der Waals surface area (Å²) in [6, 6.07) is 3.19. The molecule has 0 aromatic heterocycles. The lowest BCUT2D eigenvalue weighted by molar-refractivity contribution is 0.455. The third-order valence-electron chi connectivity index (χ3n) is 2.59. The van der Waals surface area contributed by atoms with Crippen LogP contribution in [0, 0.1) is 0 Å². The average molecular weight is 407 g/mol. The molecule has 0 spiro atoms. The lowest BCUT2D eigenvalue weighted by atomic mass is 10.3. The number of hydrogen-bond donors (Lipinski definition) is 0. The maximum Gasteiger partial charge on any atom is 0.144 e. The summed E-state index contributed by atoms with van der Waals surface area (Å²) in [4.78, 5) is 1.27. The fourth-order valence-electron chi connectivity index (χ4n) is 1.68. The van der Waals surface area contributed by atoms with Gasteiger partial charge in [0.15, 0.2) is 0 Å². The first-order valence-electron chi connectivity index (χ1n) is 5.11. The summed E-state index contributed by atoms with van der Waals surface area (Å²) in [6.45, 7) is 0. The van der Waals surface area contributed by atoms with Crippen molar-refractivity contribution in [2.45, 2.75) is 9.79 Å². The van der Waals surface area contributed by atoms with Crippen LogP contribution in [0.25, 0.3) is 0 Å². The molecule has 1 nitrogen and oxygen atoms in total. The minimum atomic E-state index is 0.266. The van der Waals surface area contributed by atoms with Gasteiger partial charge in [0.05, 0.1) is 39.9 Å². The van der Waals surface area contributed by atoms with Gasteiger partial charge in [-0.25, -0.2) is 0 Å². The monoisotopic (exact) mass is 404 g/mol. The lowest BCUT2D eigenvalue weighted by Crippen LogP contribution is -1.97. The summed E-state index contributed by atoms with van der Waals surface area (Å²) in [7, 11) is 0. The summed E-state index contributed by atoms with van der Waals surface area (Å²) in [6.07, 6.45) is 0. The summed E-state index contributed by atoms with van der Waals surface area (Å²) < 4.78 is 5.73. The van der Waals surface area contributed by atoms with Crippen LogP contribution in [0.15, 0.2) is 21.9 Å². The van der Waals surface area contributed by atoms with Crippen molar-refractivity contribution in [1.82, 2.24) is 0 Å². The van der Waals surface area contributed by atoms with Crippen LogP contribution >= 0.6 is 81.4 Å². The first-order valence-corrected chi connectivity index (χ1v) is 8.19. The van der Waals surface area contributed by atoms with Gasteiger partial charge in [-0.05, 0) is 0 Å². The second-order valence-corrected chi connectivity index (χ2v) is 7.18. The zero-order chi connectivity index (χ0) is 14.6. The van der Waals surface area contributed by atoms with E-state index in [1.165, 1.54) is 11.8 Å². The van der Waals surface area contributed by atoms with Gasteiger partial charge >= 0.3 is 0 Å². The van der Waals surface area contributed by atoms with E-state index in [0.717, 1.165) is 0 Å². The third kappa shape index (κ3) is 2.36. The highest BCUT2D eigenvalue weighted by molar-refractivity contribution is 7.99. The number of fused-ring (bicyclic) bond motifs is 2. The number of rotatable bonds is 0. The van der Waals surface area contributed by atoms with Crippen LogP contribution in [0.5, 0.6) is 11.5 Å². The first-order chi connectivity index (χ1) is 9.40. The van der Waals surface area contributed by atoms with Crippen LogP contribution in [0.3, 0.4) is 0 Å². The second kappa shape index (κ2) is 5.51. The molecular formula is C12H2Cl6OS. The quantitative estimate of drug-likeness (QED) is 0.351. The van der Waals surface area contributed by atoms with Crippen LogP contribution in [-0.4, -0.2) is 0 Å². The number of halogens is 6. The molecule has 0 atom stereocenters. The van der Waals surface area contributed by atoms with Gasteiger partial charge in [0.25, 0.3) is 0 Å². The molecule has 1 aliphatic heterocycles. The van der Waals surface area contributed by atoms with E-state index < -0.39 is 0 Å². The minimum Gasteiger partial charge on any atom is -0.455 e. The number of ether oxygens (including phenoxy) is 1. The highest BCUT2D eigenvalue weighted by Crippen LogP contribution is 2.57. The van der Waals surface area contributed by atoms with E-state index in [1.54, 1.807) is 12.1 Å². The van der Waals surface area contributed by atoms with Gasteiger partial charge in [-0.2, -0.15) is 0 Å². The maximum atomic E-state index is 6.19. The van der Waals surface area contributed by atoms with E-state index in [0.29, 0.717) is 41.4 Å². The largest absolute Gasteiger partial charge is 0.455 e. The SMILES string of the molecule is Clc1cc2c(c(Cl)c1Cl)Sc1c(cc(Cl)c(Cl)c1Cl)O2. The Morgan fingerprint density at radius 2 is 1.05 bits per heavy atom. The molecule has 3 rings (SSSR count). The Balaban J connectivity index is 2.22. The fraction of sp³-hybridized carbons (Fsp3) is 0. The Morgan fingerprint density at radius 1 is 0.650 bits per heavy atom. The van der Waals surface area contributed by atoms with E-state index in [1.807, 2.05) is 0 Å². The van der Waals surface area contributed by atoms with Crippen molar-refractivity contribution >= 4 is 81.4 Å². The molecule has 104 valence electrons. The van der Waals surface area contributed by atoms with Gasteiger partial charge in [0.1, 0.15) is 11.5 Å². The van der Waals surface area contributed by atoms with Crippen molar-refractivity contribution in [3.8, 4) is 11.5 Å². The number of hydrogen-bond acceptors (Lipinski definition) is 2. The Kier molecular flexibility index (Phi) is 4.20. The van der Waals surface area contributed by atoms with Crippen molar-refractivity contribution in [2.75, 3.05) is 0 Å². The number of benzene rings is 2. The summed E-state index contributed by atoms with van der Waals surface area (Å²) in [5.41, 5.74) is 0. The lowest BCUT2D eigenvalue weighted by Gasteiger charge is -2.23. The molecule has 0 amide bonds. The molecular weight excluding hydrogens is 405 g/mol. The molecule has 0 saturated carbocycles. The van der Waals surface area contributed by atoms with Crippen molar-refractivity contribution in [3.05, 3.63) is 42.3 Å². The van der Waals surface area contributed by atoms with E-state index in [4.69, 9.17) is 74.3 Å². The summed E-state index contributed by atoms with van der Waals surface area (Å²) in [5, 5.41) is 1.78. The summed E-state index contributed by atoms with van der Waals surface area (Å²) in [5.74, 6) is 0.993. The highest BCUT2D eigenvalue weighted by atomic mass is 35.5. The topological polar surface area (TPSA) is 9.23 Å². The van der Waals surface area contributed by atoms with Gasteiger partial charge in [0.2, 0.25) is 0 Å². The van der Waals surface area contributed by atoms with Gasteiger partial charge in [-0.1, -0.05) is 81.4 Å². The molecule has 0 unspecified atom stereocenters. The predicted octanol–water partition coefficient (Wildman–Crippen LogP) is 7.86.